The standard InChI is InChI=1S/3C6F5.C4H10O.Au/c3*7-2-1-3(8)5(10)6(11)4(2)9;1-3-5-4-2;/h;;;3-4H2,1-2H3;/q3*-1;;+3. The number of halogens is 15. The first-order valence-electron chi connectivity index (χ1n) is 9.33. The van der Waals surface area contributed by atoms with Crippen LogP contribution >= 0.6 is 0 Å². The van der Waals surface area contributed by atoms with E-state index in [1.54, 1.807) is 0 Å². The van der Waals surface area contributed by atoms with Gasteiger partial charge in [-0.3, -0.25) is 26.3 Å². The van der Waals surface area contributed by atoms with Crippen molar-refractivity contribution in [3.63, 3.8) is 0 Å². The van der Waals surface area contributed by atoms with Crippen molar-refractivity contribution in [2.45, 2.75) is 13.8 Å². The Hall–Kier alpha value is -2.69. The minimum atomic E-state index is -2.17. The Bertz CT molecular complexity index is 1010. The van der Waals surface area contributed by atoms with E-state index in [2.05, 4.69) is 0 Å². The van der Waals surface area contributed by atoms with Crippen LogP contribution in [0.4, 0.5) is 65.9 Å². The molecule has 220 valence electrons. The number of rotatable bonds is 2. The van der Waals surface area contributed by atoms with Gasteiger partial charge in [-0.2, -0.15) is 0 Å². The Kier molecular flexibility index (Phi) is 17.6. The normalized spacial score (nSPS) is 9.77. The maximum atomic E-state index is 12.0. The largest absolute Gasteiger partial charge is 3.00 e. The second-order valence-electron chi connectivity index (χ2n) is 5.87. The molecule has 0 aliphatic heterocycles. The third-order valence-corrected chi connectivity index (χ3v) is 3.38. The van der Waals surface area contributed by atoms with Crippen LogP contribution in [0.15, 0.2) is 0 Å². The summed E-state index contributed by atoms with van der Waals surface area (Å²) in [5.74, 6) is -30.1. The van der Waals surface area contributed by atoms with Crippen LogP contribution in [0.2, 0.25) is 0 Å². The van der Waals surface area contributed by atoms with Crippen LogP contribution in [0, 0.1) is 105 Å². The van der Waals surface area contributed by atoms with E-state index in [4.69, 9.17) is 4.74 Å². The monoisotopic (exact) mass is 772 g/mol. The maximum absolute atomic E-state index is 12.0. The molecule has 0 amide bonds. The Labute approximate surface area is 225 Å². The van der Waals surface area contributed by atoms with Gasteiger partial charge in [-0.1, -0.05) is 0 Å². The van der Waals surface area contributed by atoms with Crippen molar-refractivity contribution in [2.75, 3.05) is 13.2 Å². The molecule has 1 nitrogen and oxygen atoms in total. The molecule has 0 spiro atoms. The molecule has 0 unspecified atom stereocenters. The van der Waals surface area contributed by atoms with E-state index in [0.717, 1.165) is 31.4 Å². The second-order valence-corrected chi connectivity index (χ2v) is 5.87. The van der Waals surface area contributed by atoms with Crippen LogP contribution in [0.5, 0.6) is 0 Å². The zero-order valence-corrected chi connectivity index (χ0v) is 21.0. The fourth-order valence-electron chi connectivity index (χ4n) is 1.69. The second kappa shape index (κ2) is 17.8. The van der Waals surface area contributed by atoms with Crippen LogP contribution in [0.1, 0.15) is 13.8 Å². The van der Waals surface area contributed by atoms with Gasteiger partial charge >= 0.3 is 22.4 Å². The number of benzene rings is 3. The number of ether oxygens (including phenoxy) is 1. The van der Waals surface area contributed by atoms with Crippen LogP contribution in [-0.4, -0.2) is 13.2 Å². The predicted molar refractivity (Wildman–Crippen MR) is 97.4 cm³/mol. The Morgan fingerprint density at radius 3 is 0.615 bits per heavy atom. The average Bonchev–Trinajstić information content (AvgIpc) is 2.87. The summed E-state index contributed by atoms with van der Waals surface area (Å²) in [6.45, 7) is 5.67. The van der Waals surface area contributed by atoms with Gasteiger partial charge in [0.05, 0.1) is 87.3 Å². The molecule has 39 heavy (non-hydrogen) atoms. The molecule has 3 aromatic carbocycles. The molecular formula is C22H10AuF15O. The summed E-state index contributed by atoms with van der Waals surface area (Å²) in [7, 11) is 0. The van der Waals surface area contributed by atoms with E-state index >= 15 is 0 Å². The van der Waals surface area contributed by atoms with Crippen molar-refractivity contribution < 1.29 is 93.0 Å². The quantitative estimate of drug-likeness (QED) is 0.0859. The summed E-state index contributed by atoms with van der Waals surface area (Å²) >= 11 is 0. The molecule has 0 atom stereocenters. The summed E-state index contributed by atoms with van der Waals surface area (Å²) in [5.41, 5.74) is 0. The summed E-state index contributed by atoms with van der Waals surface area (Å²) < 4.78 is 184. The van der Waals surface area contributed by atoms with Crippen LogP contribution in [0.3, 0.4) is 0 Å². The Morgan fingerprint density at radius 2 is 0.513 bits per heavy atom. The van der Waals surface area contributed by atoms with Gasteiger partial charge in [0, 0.05) is 13.2 Å². The first-order valence-corrected chi connectivity index (χ1v) is 9.33. The van der Waals surface area contributed by atoms with Gasteiger partial charge in [0.2, 0.25) is 0 Å². The molecule has 0 saturated heterocycles. The van der Waals surface area contributed by atoms with Crippen LogP contribution < -0.4 is 0 Å². The number of hydrogen-bond acceptors (Lipinski definition) is 1. The smallest absolute Gasteiger partial charge is 0.382 e. The Morgan fingerprint density at radius 1 is 0.359 bits per heavy atom. The molecule has 0 bridgehead atoms. The van der Waals surface area contributed by atoms with Gasteiger partial charge in [0.1, 0.15) is 0 Å². The van der Waals surface area contributed by atoms with Crippen molar-refractivity contribution in [1.82, 2.24) is 0 Å². The van der Waals surface area contributed by atoms with Gasteiger partial charge < -0.3 is 4.74 Å². The Balaban J connectivity index is 0. The molecule has 0 aliphatic rings. The van der Waals surface area contributed by atoms with E-state index in [0.29, 0.717) is 0 Å². The van der Waals surface area contributed by atoms with Crippen molar-refractivity contribution in [2.24, 2.45) is 0 Å². The van der Waals surface area contributed by atoms with Crippen molar-refractivity contribution in [3.8, 4) is 0 Å². The van der Waals surface area contributed by atoms with Gasteiger partial charge in [-0.05, 0) is 13.8 Å². The van der Waals surface area contributed by atoms with E-state index in [9.17, 15) is 65.9 Å². The SMILES string of the molecule is CCOCC.Fc1[c-]c(F)c(F)c(F)c1F.Fc1[c-]c(F)c(F)c(F)c1F.Fc1[c-]c(F)c(F)c(F)c1F.[Au+3]. The molecule has 0 aliphatic carbocycles. The summed E-state index contributed by atoms with van der Waals surface area (Å²) in [6, 6.07) is 3.07. The van der Waals surface area contributed by atoms with E-state index in [-0.39, 0.29) is 22.4 Å². The first kappa shape index (κ1) is 38.5. The summed E-state index contributed by atoms with van der Waals surface area (Å²) in [6.07, 6.45) is 0. The van der Waals surface area contributed by atoms with Gasteiger partial charge in [0.15, 0.2) is 0 Å². The zero-order valence-electron chi connectivity index (χ0n) is 18.8. The molecule has 0 saturated carbocycles. The molecule has 0 N–H and O–H groups in total. The van der Waals surface area contributed by atoms with Gasteiger partial charge in [-0.15, -0.1) is 18.2 Å². The van der Waals surface area contributed by atoms with Crippen molar-refractivity contribution >= 4 is 0 Å². The van der Waals surface area contributed by atoms with E-state index in [1.165, 1.54) is 0 Å². The average molecular weight is 772 g/mol. The third kappa shape index (κ3) is 11.1. The molecule has 0 radical (unpaired) electrons. The van der Waals surface area contributed by atoms with Crippen molar-refractivity contribution in [3.05, 3.63) is 105 Å². The number of hydrogen-bond donors (Lipinski definition) is 0. The third-order valence-electron chi connectivity index (χ3n) is 3.38. The molecular weight excluding hydrogens is 762 g/mol. The fourth-order valence-corrected chi connectivity index (χ4v) is 1.69. The predicted octanol–water partition coefficient (Wildman–Crippen LogP) is 7.59. The summed E-state index contributed by atoms with van der Waals surface area (Å²) in [4.78, 5) is 0. The van der Waals surface area contributed by atoms with Gasteiger partial charge in [-0.25, -0.2) is 39.5 Å². The van der Waals surface area contributed by atoms with Gasteiger partial charge in [0.25, 0.3) is 0 Å². The first-order chi connectivity index (χ1) is 17.5. The minimum absolute atomic E-state index is 0. The van der Waals surface area contributed by atoms with Crippen molar-refractivity contribution in [1.29, 1.82) is 0 Å². The fraction of sp³-hybridized carbons (Fsp3) is 0.182. The maximum Gasteiger partial charge on any atom is 3.00 e. The topological polar surface area (TPSA) is 9.23 Å². The van der Waals surface area contributed by atoms with E-state index < -0.39 is 87.3 Å². The zero-order chi connectivity index (χ0) is 29.9. The molecule has 0 heterocycles. The van der Waals surface area contributed by atoms with Crippen LogP contribution in [-0.2, 0) is 27.1 Å². The minimum Gasteiger partial charge on any atom is -0.382 e. The molecule has 3 rings (SSSR count). The summed E-state index contributed by atoms with van der Waals surface area (Å²) in [5, 5.41) is 0. The van der Waals surface area contributed by atoms with Crippen LogP contribution in [0.25, 0.3) is 0 Å². The van der Waals surface area contributed by atoms with E-state index in [1.807, 2.05) is 13.8 Å². The molecule has 0 fully saturated rings. The molecule has 3 aromatic rings. The molecule has 17 heteroatoms. The molecule has 0 aromatic heterocycles.